The van der Waals surface area contributed by atoms with Crippen LogP contribution in [0.4, 0.5) is 0 Å². The quantitative estimate of drug-likeness (QED) is 0.174. The summed E-state index contributed by atoms with van der Waals surface area (Å²) >= 11 is 0. The Morgan fingerprint density at radius 2 is 0.685 bits per heavy atom. The van der Waals surface area contributed by atoms with Gasteiger partial charge in [0.15, 0.2) is 17.5 Å². The molecule has 2 aromatic heterocycles. The Bertz CT molecular complexity index is 2920. The van der Waals surface area contributed by atoms with Crippen molar-refractivity contribution in [3.05, 3.63) is 194 Å². The number of pyridine rings is 1. The van der Waals surface area contributed by atoms with E-state index in [1.807, 2.05) is 60.7 Å². The molecule has 2 heterocycles. The van der Waals surface area contributed by atoms with E-state index in [-0.39, 0.29) is 0 Å². The standard InChI is InChI=1S/C50H32N4/c1-3-13-36(14-4-1)48-52-49(37-15-5-2-6-16-37)54-50(53-48)38-23-21-35(22-24-38)44-32-47(43-26-20-34-12-8-10-18-40(34)30-43)51-46-28-27-42(31-45(44)46)41-25-19-33-11-7-9-17-39(33)29-41/h1-32H. The second-order valence-corrected chi connectivity index (χ2v) is 13.5. The highest BCUT2D eigenvalue weighted by Crippen LogP contribution is 2.37. The lowest BCUT2D eigenvalue weighted by Gasteiger charge is -2.14. The van der Waals surface area contributed by atoms with Gasteiger partial charge in [-0.3, -0.25) is 0 Å². The fraction of sp³-hybridized carbons (Fsp3) is 0. The van der Waals surface area contributed by atoms with Gasteiger partial charge in [-0.2, -0.15) is 0 Å². The summed E-state index contributed by atoms with van der Waals surface area (Å²) in [7, 11) is 0. The van der Waals surface area contributed by atoms with Gasteiger partial charge in [-0.25, -0.2) is 19.9 Å². The van der Waals surface area contributed by atoms with Crippen molar-refractivity contribution in [1.82, 2.24) is 19.9 Å². The topological polar surface area (TPSA) is 51.6 Å². The summed E-state index contributed by atoms with van der Waals surface area (Å²) in [6, 6.07) is 67.8. The van der Waals surface area contributed by atoms with Gasteiger partial charge in [-0.15, -0.1) is 0 Å². The van der Waals surface area contributed by atoms with Crippen molar-refractivity contribution in [1.29, 1.82) is 0 Å². The van der Waals surface area contributed by atoms with Crippen molar-refractivity contribution in [3.63, 3.8) is 0 Å². The lowest BCUT2D eigenvalue weighted by atomic mass is 9.94. The van der Waals surface area contributed by atoms with E-state index in [4.69, 9.17) is 19.9 Å². The molecule has 0 saturated heterocycles. The van der Waals surface area contributed by atoms with E-state index in [1.165, 1.54) is 27.1 Å². The van der Waals surface area contributed by atoms with Crippen molar-refractivity contribution < 1.29 is 0 Å². The number of rotatable bonds is 6. The van der Waals surface area contributed by atoms with Crippen LogP contribution in [0.1, 0.15) is 0 Å². The Kier molecular flexibility index (Phi) is 7.77. The normalized spacial score (nSPS) is 11.3. The number of fused-ring (bicyclic) bond motifs is 3. The van der Waals surface area contributed by atoms with Crippen LogP contribution >= 0.6 is 0 Å². The first kappa shape index (κ1) is 31.4. The third-order valence-corrected chi connectivity index (χ3v) is 10.1. The molecule has 0 aliphatic heterocycles. The van der Waals surface area contributed by atoms with E-state index in [0.717, 1.165) is 55.5 Å². The third-order valence-electron chi connectivity index (χ3n) is 10.1. The van der Waals surface area contributed by atoms with Crippen LogP contribution in [-0.4, -0.2) is 19.9 Å². The molecule has 4 nitrogen and oxygen atoms in total. The zero-order valence-electron chi connectivity index (χ0n) is 29.3. The Balaban J connectivity index is 1.11. The lowest BCUT2D eigenvalue weighted by molar-refractivity contribution is 1.07. The number of benzene rings is 8. The Morgan fingerprint density at radius 3 is 1.28 bits per heavy atom. The average molecular weight is 689 g/mol. The van der Waals surface area contributed by atoms with Crippen LogP contribution in [0.25, 0.3) is 100 Å². The highest BCUT2D eigenvalue weighted by molar-refractivity contribution is 6.00. The highest BCUT2D eigenvalue weighted by Gasteiger charge is 2.15. The predicted octanol–water partition coefficient (Wildman–Crippen LogP) is 12.7. The maximum absolute atomic E-state index is 5.24. The van der Waals surface area contributed by atoms with E-state index in [2.05, 4.69) is 133 Å². The molecule has 0 spiro atoms. The number of aromatic nitrogens is 4. The van der Waals surface area contributed by atoms with Crippen LogP contribution in [0.5, 0.6) is 0 Å². The van der Waals surface area contributed by atoms with Gasteiger partial charge in [0.2, 0.25) is 0 Å². The Morgan fingerprint density at radius 1 is 0.259 bits per heavy atom. The molecule has 0 aliphatic carbocycles. The number of nitrogens with zero attached hydrogens (tertiary/aromatic N) is 4. The summed E-state index contributed by atoms with van der Waals surface area (Å²) in [5, 5.41) is 5.95. The monoisotopic (exact) mass is 688 g/mol. The summed E-state index contributed by atoms with van der Waals surface area (Å²) in [4.78, 5) is 20.0. The molecule has 0 amide bonds. The second-order valence-electron chi connectivity index (χ2n) is 13.5. The molecule has 4 heteroatoms. The zero-order valence-corrected chi connectivity index (χ0v) is 29.3. The van der Waals surface area contributed by atoms with Crippen molar-refractivity contribution in [2.75, 3.05) is 0 Å². The van der Waals surface area contributed by atoms with Crippen molar-refractivity contribution in [3.8, 4) is 67.7 Å². The first-order valence-corrected chi connectivity index (χ1v) is 18.1. The third kappa shape index (κ3) is 5.96. The van der Waals surface area contributed by atoms with Crippen LogP contribution in [0.15, 0.2) is 194 Å². The summed E-state index contributed by atoms with van der Waals surface area (Å²) in [5.74, 6) is 1.92. The molecule has 0 unspecified atom stereocenters. The maximum atomic E-state index is 5.24. The molecular weight excluding hydrogens is 657 g/mol. The van der Waals surface area contributed by atoms with E-state index in [9.17, 15) is 0 Å². The second kappa shape index (κ2) is 13.4. The van der Waals surface area contributed by atoms with Crippen LogP contribution in [-0.2, 0) is 0 Å². The fourth-order valence-corrected chi connectivity index (χ4v) is 7.25. The van der Waals surface area contributed by atoms with Gasteiger partial charge in [0.05, 0.1) is 11.2 Å². The van der Waals surface area contributed by atoms with Gasteiger partial charge >= 0.3 is 0 Å². The van der Waals surface area contributed by atoms with Crippen LogP contribution in [0, 0.1) is 0 Å². The molecule has 252 valence electrons. The molecule has 0 N–H and O–H groups in total. The van der Waals surface area contributed by atoms with Crippen molar-refractivity contribution >= 4 is 32.4 Å². The molecule has 0 radical (unpaired) electrons. The molecule has 0 atom stereocenters. The minimum Gasteiger partial charge on any atom is -0.248 e. The first-order chi connectivity index (χ1) is 26.7. The molecule has 10 rings (SSSR count). The molecule has 8 aromatic carbocycles. The number of hydrogen-bond donors (Lipinski definition) is 0. The van der Waals surface area contributed by atoms with E-state index in [1.54, 1.807) is 0 Å². The van der Waals surface area contributed by atoms with Crippen LogP contribution < -0.4 is 0 Å². The summed E-state index contributed by atoms with van der Waals surface area (Å²) in [6.07, 6.45) is 0. The van der Waals surface area contributed by atoms with Gasteiger partial charge in [-0.05, 0) is 74.1 Å². The van der Waals surface area contributed by atoms with Crippen LogP contribution in [0.2, 0.25) is 0 Å². The number of hydrogen-bond acceptors (Lipinski definition) is 4. The molecule has 0 aliphatic rings. The minimum atomic E-state index is 0.629. The molecule has 0 bridgehead atoms. The van der Waals surface area contributed by atoms with Crippen molar-refractivity contribution in [2.24, 2.45) is 0 Å². The lowest BCUT2D eigenvalue weighted by Crippen LogP contribution is -2.00. The largest absolute Gasteiger partial charge is 0.248 e. The summed E-state index contributed by atoms with van der Waals surface area (Å²) in [6.45, 7) is 0. The van der Waals surface area contributed by atoms with Gasteiger partial charge in [0.25, 0.3) is 0 Å². The summed E-state index contributed by atoms with van der Waals surface area (Å²) < 4.78 is 0. The fourth-order valence-electron chi connectivity index (χ4n) is 7.25. The molecular formula is C50H32N4. The van der Waals surface area contributed by atoms with Gasteiger partial charge < -0.3 is 0 Å². The minimum absolute atomic E-state index is 0.629. The molecule has 0 fully saturated rings. The van der Waals surface area contributed by atoms with E-state index < -0.39 is 0 Å². The molecule has 54 heavy (non-hydrogen) atoms. The Labute approximate surface area is 313 Å². The molecule has 0 saturated carbocycles. The molecule has 10 aromatic rings. The first-order valence-electron chi connectivity index (χ1n) is 18.1. The van der Waals surface area contributed by atoms with E-state index >= 15 is 0 Å². The summed E-state index contributed by atoms with van der Waals surface area (Å²) in [5.41, 5.74) is 10.3. The maximum Gasteiger partial charge on any atom is 0.164 e. The highest BCUT2D eigenvalue weighted by atomic mass is 15.0. The predicted molar refractivity (Wildman–Crippen MR) is 223 cm³/mol. The van der Waals surface area contributed by atoms with Crippen LogP contribution in [0.3, 0.4) is 0 Å². The Hall–Kier alpha value is -7.30. The average Bonchev–Trinajstić information content (AvgIpc) is 3.26. The van der Waals surface area contributed by atoms with Gasteiger partial charge in [-0.1, -0.05) is 164 Å². The van der Waals surface area contributed by atoms with Gasteiger partial charge in [0, 0.05) is 27.6 Å². The smallest absolute Gasteiger partial charge is 0.164 e. The van der Waals surface area contributed by atoms with Crippen molar-refractivity contribution in [2.45, 2.75) is 0 Å². The van der Waals surface area contributed by atoms with E-state index in [0.29, 0.717) is 17.5 Å². The SMILES string of the molecule is c1ccc(-c2nc(-c3ccccc3)nc(-c3ccc(-c4cc(-c5ccc6ccccc6c5)nc5ccc(-c6ccc7ccccc7c6)cc45)cc3)n2)cc1. The zero-order chi connectivity index (χ0) is 35.8. The van der Waals surface area contributed by atoms with Gasteiger partial charge in [0.1, 0.15) is 0 Å².